The summed E-state index contributed by atoms with van der Waals surface area (Å²) in [5.41, 5.74) is 10.5. The van der Waals surface area contributed by atoms with Gasteiger partial charge in [0.15, 0.2) is 5.78 Å². The summed E-state index contributed by atoms with van der Waals surface area (Å²) in [4.78, 5) is 37.4. The van der Waals surface area contributed by atoms with Crippen molar-refractivity contribution in [2.45, 2.75) is 91.5 Å². The summed E-state index contributed by atoms with van der Waals surface area (Å²) < 4.78 is 29.5. The number of amides is 1. The molecular formula is C33H48F2N4O2. The topological polar surface area (TPSA) is 88.1 Å². The number of nitrogens with two attached hydrogens (primary N) is 1. The summed E-state index contributed by atoms with van der Waals surface area (Å²) in [5, 5.41) is 0. The Labute approximate surface area is 245 Å². The van der Waals surface area contributed by atoms with Crippen molar-refractivity contribution < 1.29 is 19.8 Å². The fourth-order valence-electron chi connectivity index (χ4n) is 5.58. The average molecular weight is 571 g/mol. The van der Waals surface area contributed by atoms with Gasteiger partial charge in [-0.2, -0.15) is 0 Å². The third kappa shape index (κ3) is 7.86. The second-order valence-electron chi connectivity index (χ2n) is 10.7. The highest BCUT2D eigenvalue weighted by Crippen LogP contribution is 2.37. The molecule has 226 valence electrons. The van der Waals surface area contributed by atoms with Gasteiger partial charge in [-0.3, -0.25) is 19.6 Å². The van der Waals surface area contributed by atoms with Gasteiger partial charge in [-0.05, 0) is 57.2 Å². The third-order valence-corrected chi connectivity index (χ3v) is 7.79. The molecule has 2 unspecified atom stereocenters. The Hall–Kier alpha value is -3.42. The van der Waals surface area contributed by atoms with Gasteiger partial charge in [0.25, 0.3) is 11.8 Å². The van der Waals surface area contributed by atoms with E-state index in [2.05, 4.69) is 18.2 Å². The van der Waals surface area contributed by atoms with Gasteiger partial charge in [0.1, 0.15) is 0 Å². The van der Waals surface area contributed by atoms with Crippen molar-refractivity contribution >= 4 is 23.6 Å². The predicted molar refractivity (Wildman–Crippen MR) is 167 cm³/mol. The van der Waals surface area contributed by atoms with Crippen molar-refractivity contribution in [1.82, 2.24) is 4.90 Å². The summed E-state index contributed by atoms with van der Waals surface area (Å²) in [5.74, 6) is -3.59. The first-order valence-corrected chi connectivity index (χ1v) is 14.5. The van der Waals surface area contributed by atoms with Crippen molar-refractivity contribution in [3.8, 4) is 0 Å². The summed E-state index contributed by atoms with van der Waals surface area (Å²) in [6.45, 7) is 16.8. The highest BCUT2D eigenvalue weighted by molar-refractivity contribution is 6.08. The molecule has 1 aromatic rings. The second-order valence-corrected chi connectivity index (χ2v) is 10.7. The summed E-state index contributed by atoms with van der Waals surface area (Å²) in [6.07, 6.45) is 6.04. The molecule has 1 saturated heterocycles. The third-order valence-electron chi connectivity index (χ3n) is 7.79. The Morgan fingerprint density at radius 1 is 1.29 bits per heavy atom. The number of carbonyl (C=O) groups is 2. The second kappa shape index (κ2) is 15.0. The normalized spacial score (nSPS) is 19.0. The molecule has 1 aliphatic rings. The van der Waals surface area contributed by atoms with E-state index in [4.69, 9.17) is 10.7 Å². The van der Waals surface area contributed by atoms with Crippen LogP contribution in [0.1, 0.15) is 101 Å². The fourth-order valence-corrected chi connectivity index (χ4v) is 5.58. The minimum atomic E-state index is -3.03. The molecule has 0 aromatic heterocycles. The van der Waals surface area contributed by atoms with Crippen LogP contribution in [0.2, 0.25) is 0 Å². The lowest BCUT2D eigenvalue weighted by molar-refractivity contribution is -0.118. The van der Waals surface area contributed by atoms with E-state index in [0.717, 1.165) is 17.7 Å². The Kier molecular flexibility index (Phi) is 12.4. The molecule has 8 heteroatoms. The number of halogens is 2. The zero-order chi connectivity index (χ0) is 30.9. The number of hydrogen-bond donors (Lipinski definition) is 1. The largest absolute Gasteiger partial charge is 0.402 e. The SMILES string of the molecule is C=CC(=O)C(CC)CCC1/C(=C(/N)CCC)C(=NC(=C)C)CCN1C(=O)c1ccc(C(F)(F)CC)c(C)c1C=NC.[HH]. The standard InChI is InChI=1S/C33H46F2N4O2.H2/c1-9-13-27(36)31-28(38-21(5)6)18-19-39(29(31)17-14-23(10-2)30(40)11-3)32(41)24-15-16-26(33(34,35)12-4)22(7)25(24)20-37-8;/h11,15-16,20,23,29H,3,5,9-10,12-14,17-19,36H2,1-2,4,6-8H3;1H/b31-27+,37-20?,38-28?;. The molecule has 1 fully saturated rings. The summed E-state index contributed by atoms with van der Waals surface area (Å²) >= 11 is 0. The summed E-state index contributed by atoms with van der Waals surface area (Å²) in [7, 11) is 1.55. The molecule has 1 amide bonds. The molecule has 2 atom stereocenters. The van der Waals surface area contributed by atoms with Crippen molar-refractivity contribution in [1.29, 1.82) is 0 Å². The van der Waals surface area contributed by atoms with Gasteiger partial charge in [-0.15, -0.1) is 0 Å². The van der Waals surface area contributed by atoms with Crippen LogP contribution < -0.4 is 5.73 Å². The molecular weight excluding hydrogens is 522 g/mol. The number of rotatable bonds is 13. The molecule has 0 spiro atoms. The van der Waals surface area contributed by atoms with Crippen LogP contribution in [0, 0.1) is 12.8 Å². The van der Waals surface area contributed by atoms with Gasteiger partial charge in [-0.1, -0.05) is 46.4 Å². The molecule has 1 aliphatic heterocycles. The fraction of sp³-hybridized carbons (Fsp3) is 0.515. The Balaban J connectivity index is 0.00000882. The van der Waals surface area contributed by atoms with Crippen LogP contribution in [0.15, 0.2) is 58.3 Å². The van der Waals surface area contributed by atoms with Gasteiger partial charge in [0, 0.05) is 79.4 Å². The van der Waals surface area contributed by atoms with Gasteiger partial charge in [0.05, 0.1) is 6.04 Å². The van der Waals surface area contributed by atoms with Crippen LogP contribution in [0.5, 0.6) is 0 Å². The van der Waals surface area contributed by atoms with Crippen LogP contribution in [0.4, 0.5) is 8.78 Å². The van der Waals surface area contributed by atoms with Crippen LogP contribution in [0.25, 0.3) is 0 Å². The monoisotopic (exact) mass is 570 g/mol. The highest BCUT2D eigenvalue weighted by atomic mass is 19.3. The number of piperidine rings is 1. The number of hydrogen-bond acceptors (Lipinski definition) is 5. The molecule has 6 nitrogen and oxygen atoms in total. The highest BCUT2D eigenvalue weighted by Gasteiger charge is 2.38. The van der Waals surface area contributed by atoms with E-state index < -0.39 is 12.0 Å². The van der Waals surface area contributed by atoms with Gasteiger partial charge < -0.3 is 10.6 Å². The van der Waals surface area contributed by atoms with E-state index in [1.165, 1.54) is 31.3 Å². The van der Waals surface area contributed by atoms with E-state index >= 15 is 0 Å². The molecule has 1 aromatic carbocycles. The Morgan fingerprint density at radius 3 is 2.51 bits per heavy atom. The lowest BCUT2D eigenvalue weighted by Gasteiger charge is -2.40. The van der Waals surface area contributed by atoms with Gasteiger partial charge >= 0.3 is 0 Å². The minimum Gasteiger partial charge on any atom is -0.402 e. The number of benzene rings is 1. The van der Waals surface area contributed by atoms with Crippen LogP contribution in [-0.4, -0.2) is 48.2 Å². The minimum absolute atomic E-state index is 0. The Morgan fingerprint density at radius 2 is 1.98 bits per heavy atom. The molecule has 2 N–H and O–H groups in total. The van der Waals surface area contributed by atoms with E-state index in [1.54, 1.807) is 18.9 Å². The number of alkyl halides is 2. The van der Waals surface area contributed by atoms with Crippen molar-refractivity contribution in [2.75, 3.05) is 13.6 Å². The van der Waals surface area contributed by atoms with Crippen LogP contribution in [-0.2, 0) is 10.7 Å². The number of aliphatic imine (C=N–C) groups is 2. The number of carbonyl (C=O) groups excluding carboxylic acids is 2. The first-order chi connectivity index (χ1) is 19.4. The van der Waals surface area contributed by atoms with Crippen molar-refractivity contribution in [3.63, 3.8) is 0 Å². The maximum atomic E-state index is 14.8. The quantitative estimate of drug-likeness (QED) is 0.196. The van der Waals surface area contributed by atoms with E-state index in [-0.39, 0.29) is 31.0 Å². The summed E-state index contributed by atoms with van der Waals surface area (Å²) in [6, 6.07) is 2.38. The first kappa shape index (κ1) is 33.8. The van der Waals surface area contributed by atoms with Crippen molar-refractivity contribution in [2.24, 2.45) is 21.6 Å². The number of likely N-dealkylation sites (tertiary alicyclic amines) is 1. The molecule has 0 radical (unpaired) electrons. The molecule has 2 rings (SSSR count). The smallest absolute Gasteiger partial charge is 0.273 e. The lowest BCUT2D eigenvalue weighted by atomic mass is 9.83. The molecule has 1 heterocycles. The zero-order valence-corrected chi connectivity index (χ0v) is 25.5. The zero-order valence-electron chi connectivity index (χ0n) is 25.5. The van der Waals surface area contributed by atoms with Gasteiger partial charge in [-0.25, -0.2) is 8.78 Å². The number of allylic oxidation sites excluding steroid dienone is 3. The maximum absolute atomic E-state index is 14.8. The molecule has 0 aliphatic carbocycles. The molecule has 41 heavy (non-hydrogen) atoms. The number of nitrogens with zero attached hydrogens (tertiary/aromatic N) is 3. The van der Waals surface area contributed by atoms with E-state index in [9.17, 15) is 18.4 Å². The van der Waals surface area contributed by atoms with E-state index in [0.29, 0.717) is 66.7 Å². The van der Waals surface area contributed by atoms with Crippen LogP contribution in [0.3, 0.4) is 0 Å². The van der Waals surface area contributed by atoms with Crippen LogP contribution >= 0.6 is 0 Å². The maximum Gasteiger partial charge on any atom is 0.273 e. The first-order valence-electron chi connectivity index (χ1n) is 14.5. The van der Waals surface area contributed by atoms with Gasteiger partial charge in [0.2, 0.25) is 0 Å². The lowest BCUT2D eigenvalue weighted by Crippen LogP contribution is -2.49. The molecule has 0 bridgehead atoms. The predicted octanol–water partition coefficient (Wildman–Crippen LogP) is 7.56. The number of ketones is 1. The molecule has 0 saturated carbocycles. The average Bonchev–Trinajstić information content (AvgIpc) is 2.93. The Bertz CT molecular complexity index is 1250. The van der Waals surface area contributed by atoms with E-state index in [1.807, 2.05) is 20.8 Å². The van der Waals surface area contributed by atoms with Crippen molar-refractivity contribution in [3.05, 3.63) is 70.6 Å².